The van der Waals surface area contributed by atoms with E-state index in [0.717, 1.165) is 122 Å². The number of rotatable bonds is 49. The summed E-state index contributed by atoms with van der Waals surface area (Å²) in [6.45, 7) is 4.61. The van der Waals surface area contributed by atoms with Crippen molar-refractivity contribution in [3.63, 3.8) is 0 Å². The quantitative estimate of drug-likeness (QED) is 0.0268. The number of carbonyl (C=O) groups excluding carboxylic acids is 1. The van der Waals surface area contributed by atoms with E-state index in [1.807, 2.05) is 0 Å². The molecule has 2 atom stereocenters. The molecule has 68 heavy (non-hydrogen) atoms. The number of esters is 1. The van der Waals surface area contributed by atoms with Gasteiger partial charge >= 0.3 is 13.8 Å². The largest absolute Gasteiger partial charge is 0.472 e. The zero-order chi connectivity index (χ0) is 49.4. The van der Waals surface area contributed by atoms with Crippen LogP contribution in [0.2, 0.25) is 0 Å². The summed E-state index contributed by atoms with van der Waals surface area (Å²) in [6.07, 6.45) is 77.7. The van der Waals surface area contributed by atoms with Gasteiger partial charge in [-0.3, -0.25) is 13.8 Å². The summed E-state index contributed by atoms with van der Waals surface area (Å²) in [5.74, 6) is -0.350. The van der Waals surface area contributed by atoms with Crippen molar-refractivity contribution in [3.05, 3.63) is 134 Å². The zero-order valence-electron chi connectivity index (χ0n) is 43.0. The molecule has 0 fully saturated rings. The van der Waals surface area contributed by atoms with E-state index in [-0.39, 0.29) is 32.3 Å². The standard InChI is InChI=1S/C59H98NO7P/c1-3-5-7-9-11-13-15-17-19-21-23-25-27-29-30-32-34-36-38-40-42-44-46-48-50-52-59(61)67-58(57-66-68(62,63)65-55-53-60)56-64-54-51-49-47-45-43-41-39-37-35-33-31-28-26-24-22-20-18-16-14-12-10-8-6-4-2/h5-8,11-14,17-20,23-26,29-31,33,37,39,58H,3-4,9-10,15-16,21-22,27-28,32,34-36,38,40-57,60H2,1-2H3,(H,62,63)/b7-5-,8-6-,13-11-,14-12-,19-17-,20-18-,25-23-,26-24-,30-29-,33-31-,39-37-. The van der Waals surface area contributed by atoms with E-state index < -0.39 is 13.9 Å². The average molecular weight is 964 g/mol. The summed E-state index contributed by atoms with van der Waals surface area (Å²) in [6, 6.07) is 0. The van der Waals surface area contributed by atoms with Gasteiger partial charge in [0, 0.05) is 19.6 Å². The number of phosphoric acid groups is 1. The van der Waals surface area contributed by atoms with Crippen molar-refractivity contribution in [1.29, 1.82) is 0 Å². The lowest BCUT2D eigenvalue weighted by Gasteiger charge is -2.20. The normalized spacial score (nSPS) is 14.4. The van der Waals surface area contributed by atoms with E-state index >= 15 is 0 Å². The monoisotopic (exact) mass is 964 g/mol. The van der Waals surface area contributed by atoms with Gasteiger partial charge in [0.1, 0.15) is 6.10 Å². The Kier molecular flexibility index (Phi) is 51.9. The zero-order valence-corrected chi connectivity index (χ0v) is 43.9. The van der Waals surface area contributed by atoms with Crippen LogP contribution in [0.4, 0.5) is 0 Å². The fourth-order valence-electron chi connectivity index (χ4n) is 6.73. The molecule has 2 unspecified atom stereocenters. The van der Waals surface area contributed by atoms with Gasteiger partial charge in [0.05, 0.1) is 19.8 Å². The Morgan fingerprint density at radius 3 is 1.16 bits per heavy atom. The summed E-state index contributed by atoms with van der Waals surface area (Å²) in [5.41, 5.74) is 5.39. The lowest BCUT2D eigenvalue weighted by molar-refractivity contribution is -0.154. The van der Waals surface area contributed by atoms with Crippen LogP contribution < -0.4 is 5.73 Å². The summed E-state index contributed by atoms with van der Waals surface area (Å²) in [5, 5.41) is 0. The van der Waals surface area contributed by atoms with Crippen molar-refractivity contribution in [3.8, 4) is 0 Å². The molecule has 9 heteroatoms. The number of ether oxygens (including phenoxy) is 2. The molecule has 0 amide bonds. The van der Waals surface area contributed by atoms with Crippen LogP contribution in [0.15, 0.2) is 134 Å². The van der Waals surface area contributed by atoms with E-state index in [4.69, 9.17) is 24.3 Å². The van der Waals surface area contributed by atoms with Crippen molar-refractivity contribution >= 4 is 13.8 Å². The van der Waals surface area contributed by atoms with Crippen LogP contribution in [0.3, 0.4) is 0 Å². The molecule has 0 aromatic rings. The molecule has 0 saturated carbocycles. The van der Waals surface area contributed by atoms with Gasteiger partial charge in [-0.25, -0.2) is 4.57 Å². The maximum Gasteiger partial charge on any atom is 0.472 e. The lowest BCUT2D eigenvalue weighted by Crippen LogP contribution is -2.28. The number of hydrogen-bond acceptors (Lipinski definition) is 7. The molecule has 0 aliphatic rings. The molecular weight excluding hydrogens is 866 g/mol. The van der Waals surface area contributed by atoms with Crippen LogP contribution in [0, 0.1) is 0 Å². The Bertz CT molecular complexity index is 1500. The van der Waals surface area contributed by atoms with Gasteiger partial charge < -0.3 is 20.1 Å². The fourth-order valence-corrected chi connectivity index (χ4v) is 7.50. The van der Waals surface area contributed by atoms with Gasteiger partial charge in [-0.15, -0.1) is 0 Å². The van der Waals surface area contributed by atoms with Gasteiger partial charge in [-0.05, 0) is 109 Å². The first-order valence-corrected chi connectivity index (χ1v) is 28.2. The van der Waals surface area contributed by atoms with E-state index in [1.165, 1.54) is 51.4 Å². The molecule has 386 valence electrons. The Labute approximate surface area is 417 Å². The Balaban J connectivity index is 4.04. The molecular formula is C59H98NO7P. The predicted molar refractivity (Wildman–Crippen MR) is 293 cm³/mol. The van der Waals surface area contributed by atoms with Gasteiger partial charge in [0.2, 0.25) is 0 Å². The third kappa shape index (κ3) is 53.6. The summed E-state index contributed by atoms with van der Waals surface area (Å²) >= 11 is 0. The SMILES string of the molecule is CC/C=C\C/C=C\C/C=C\C/C=C\C/C=C\C/C=C\CCCCCCCOCC(COP(=O)(O)OCCN)OC(=O)CCCCCCCCCCC/C=C\C/C=C\C/C=C\C/C=C\C/C=C\CC. The molecule has 0 aromatic carbocycles. The minimum absolute atomic E-state index is 0.0877. The van der Waals surface area contributed by atoms with Crippen LogP contribution in [-0.2, 0) is 27.9 Å². The van der Waals surface area contributed by atoms with Gasteiger partial charge in [0.15, 0.2) is 0 Å². The van der Waals surface area contributed by atoms with Crippen molar-refractivity contribution < 1.29 is 32.8 Å². The van der Waals surface area contributed by atoms with Crippen LogP contribution >= 0.6 is 7.82 Å². The molecule has 0 aromatic heterocycles. The third-order valence-electron chi connectivity index (χ3n) is 10.6. The van der Waals surface area contributed by atoms with E-state index in [0.29, 0.717) is 13.0 Å². The molecule has 0 aliphatic carbocycles. The second kappa shape index (κ2) is 54.6. The number of carbonyl (C=O) groups is 1. The number of unbranched alkanes of at least 4 members (excludes halogenated alkanes) is 14. The maximum atomic E-state index is 12.7. The highest BCUT2D eigenvalue weighted by Gasteiger charge is 2.25. The molecule has 0 radical (unpaired) electrons. The van der Waals surface area contributed by atoms with Gasteiger partial charge in [0.25, 0.3) is 0 Å². The molecule has 0 bridgehead atoms. The minimum atomic E-state index is -4.30. The first kappa shape index (κ1) is 64.6. The molecule has 0 heterocycles. The summed E-state index contributed by atoms with van der Waals surface area (Å²) in [4.78, 5) is 22.6. The van der Waals surface area contributed by atoms with Crippen LogP contribution in [-0.4, -0.2) is 49.9 Å². The molecule has 3 N–H and O–H groups in total. The molecule has 0 rings (SSSR count). The van der Waals surface area contributed by atoms with E-state index in [1.54, 1.807) is 0 Å². The van der Waals surface area contributed by atoms with E-state index in [2.05, 4.69) is 148 Å². The molecule has 0 saturated heterocycles. The molecule has 0 spiro atoms. The first-order chi connectivity index (χ1) is 33.4. The summed E-state index contributed by atoms with van der Waals surface area (Å²) < 4.78 is 33.6. The highest BCUT2D eigenvalue weighted by Crippen LogP contribution is 2.43. The lowest BCUT2D eigenvalue weighted by atomic mass is 10.1. The van der Waals surface area contributed by atoms with Crippen molar-refractivity contribution in [1.82, 2.24) is 0 Å². The van der Waals surface area contributed by atoms with Crippen molar-refractivity contribution in [2.75, 3.05) is 33.0 Å². The minimum Gasteiger partial charge on any atom is -0.457 e. The second-order valence-corrected chi connectivity index (χ2v) is 18.4. The topological polar surface area (TPSA) is 117 Å². The van der Waals surface area contributed by atoms with Crippen LogP contribution in [0.1, 0.15) is 194 Å². The average Bonchev–Trinajstić information content (AvgIpc) is 3.33. The highest BCUT2D eigenvalue weighted by molar-refractivity contribution is 7.47. The van der Waals surface area contributed by atoms with Crippen molar-refractivity contribution in [2.45, 2.75) is 200 Å². The Hall–Kier alpha value is -3.36. The first-order valence-electron chi connectivity index (χ1n) is 26.7. The van der Waals surface area contributed by atoms with Gasteiger partial charge in [-0.1, -0.05) is 212 Å². The van der Waals surface area contributed by atoms with E-state index in [9.17, 15) is 14.3 Å². The number of nitrogens with two attached hydrogens (primary N) is 1. The highest BCUT2D eigenvalue weighted by atomic mass is 31.2. The Morgan fingerprint density at radius 1 is 0.441 bits per heavy atom. The van der Waals surface area contributed by atoms with Crippen molar-refractivity contribution in [2.24, 2.45) is 5.73 Å². The molecule has 0 aliphatic heterocycles. The molecule has 8 nitrogen and oxygen atoms in total. The maximum absolute atomic E-state index is 12.7. The second-order valence-electron chi connectivity index (χ2n) is 17.0. The third-order valence-corrected chi connectivity index (χ3v) is 11.5. The Morgan fingerprint density at radius 2 is 0.779 bits per heavy atom. The van der Waals surface area contributed by atoms with Crippen LogP contribution in [0.25, 0.3) is 0 Å². The number of hydrogen-bond donors (Lipinski definition) is 2. The summed E-state index contributed by atoms with van der Waals surface area (Å²) in [7, 11) is -4.30. The van der Waals surface area contributed by atoms with Crippen LogP contribution in [0.5, 0.6) is 0 Å². The number of phosphoric ester groups is 1. The predicted octanol–water partition coefficient (Wildman–Crippen LogP) is 17.1. The smallest absolute Gasteiger partial charge is 0.457 e. The fraction of sp³-hybridized carbons (Fsp3) is 0.610. The van der Waals surface area contributed by atoms with Gasteiger partial charge in [-0.2, -0.15) is 0 Å². The number of allylic oxidation sites excluding steroid dienone is 22.